The van der Waals surface area contributed by atoms with E-state index < -0.39 is 37.2 Å². The van der Waals surface area contributed by atoms with Gasteiger partial charge in [0.25, 0.3) is 0 Å². The summed E-state index contributed by atoms with van der Waals surface area (Å²) >= 11 is 0. The molecule has 4 aromatic carbocycles. The van der Waals surface area contributed by atoms with Crippen LogP contribution in [0, 0.1) is 50.2 Å². The lowest BCUT2D eigenvalue weighted by molar-refractivity contribution is -0.116. The first kappa shape index (κ1) is 47.4. The zero-order valence-electron chi connectivity index (χ0n) is 34.5. The van der Waals surface area contributed by atoms with Gasteiger partial charge in [-0.1, -0.05) is 30.9 Å². The fourth-order valence-electron chi connectivity index (χ4n) is 5.47. The van der Waals surface area contributed by atoms with Gasteiger partial charge in [-0.3, -0.25) is 4.79 Å². The molecule has 0 bridgehead atoms. The standard InChI is InChI=1S/C24H23FN4O4S.C20H18FN5O3S/c1-4-12-33-20-10-8-17(9-11-20)27-23-21(25)14-26-24(29-23)28-18-7-6-16(3)22(13-18)34(31,32)15-19(30)5-2;1-3-10-29-16-8-6-14(7-9-16)24-19-17(21)12-23-20(26-19)25-15-5-4-13(2)18(11-15)30(22,27)28/h1,6-11,13-14H,5,12,15H2,2-3H3,(H2,26,27,28,29);1,4-9,11-12H,10H2,2H3,(H2,22,27,28)(H2,23,24,25,26). The van der Waals surface area contributed by atoms with Crippen LogP contribution in [0.1, 0.15) is 24.5 Å². The second kappa shape index (κ2) is 21.4. The first-order valence-corrected chi connectivity index (χ1v) is 22.1. The number of primary sulfonamides is 1. The van der Waals surface area contributed by atoms with Gasteiger partial charge in [-0.05, 0) is 97.8 Å². The second-order valence-corrected chi connectivity index (χ2v) is 17.0. The monoisotopic (exact) mass is 909 g/mol. The average Bonchev–Trinajstić information content (AvgIpc) is 3.26. The number of benzene rings is 4. The first-order chi connectivity index (χ1) is 30.5. The fraction of sp³-hybridized carbons (Fsp3) is 0.159. The Bertz CT molecular complexity index is 2940. The molecule has 2 aromatic heterocycles. The predicted octanol–water partition coefficient (Wildman–Crippen LogP) is 7.25. The number of aromatic nitrogens is 4. The minimum atomic E-state index is -3.89. The number of rotatable bonds is 17. The summed E-state index contributed by atoms with van der Waals surface area (Å²) in [6.45, 7) is 5.17. The number of Topliss-reactive ketones (excluding diaryl/α,β-unsaturated/α-hetero) is 1. The number of hydrogen-bond donors (Lipinski definition) is 5. The van der Waals surface area contributed by atoms with Crippen molar-refractivity contribution in [2.24, 2.45) is 5.14 Å². The average molecular weight is 910 g/mol. The Balaban J connectivity index is 0.000000243. The van der Waals surface area contributed by atoms with Crippen LogP contribution in [0.25, 0.3) is 0 Å². The molecule has 16 nitrogen and oxygen atoms in total. The lowest BCUT2D eigenvalue weighted by Crippen LogP contribution is -2.16. The Kier molecular flexibility index (Phi) is 15.9. The molecule has 0 aliphatic carbocycles. The molecule has 0 fully saturated rings. The Morgan fingerprint density at radius 1 is 0.656 bits per heavy atom. The van der Waals surface area contributed by atoms with Crippen molar-refractivity contribution in [1.82, 2.24) is 19.9 Å². The van der Waals surface area contributed by atoms with E-state index in [1.807, 2.05) is 0 Å². The van der Waals surface area contributed by atoms with Crippen LogP contribution in [0.5, 0.6) is 11.5 Å². The van der Waals surface area contributed by atoms with Gasteiger partial charge in [0.1, 0.15) is 36.2 Å². The van der Waals surface area contributed by atoms with Crippen molar-refractivity contribution in [3.63, 3.8) is 0 Å². The number of terminal acetylenes is 2. The summed E-state index contributed by atoms with van der Waals surface area (Å²) in [6.07, 6.45) is 12.4. The molecule has 0 spiro atoms. The highest BCUT2D eigenvalue weighted by Crippen LogP contribution is 2.27. The van der Waals surface area contributed by atoms with Crippen molar-refractivity contribution < 1.29 is 39.9 Å². The van der Waals surface area contributed by atoms with Crippen LogP contribution in [0.15, 0.2) is 107 Å². The lowest BCUT2D eigenvalue weighted by atomic mass is 10.2. The molecule has 6 N–H and O–H groups in total. The summed E-state index contributed by atoms with van der Waals surface area (Å²) in [5.74, 6) is 3.58. The molecule has 2 heterocycles. The van der Waals surface area contributed by atoms with Gasteiger partial charge >= 0.3 is 0 Å². The summed E-state index contributed by atoms with van der Waals surface area (Å²) in [7, 11) is -7.69. The molecule has 0 aliphatic heterocycles. The molecule has 0 unspecified atom stereocenters. The number of sulfone groups is 1. The summed E-state index contributed by atoms with van der Waals surface area (Å²) in [5, 5.41) is 16.7. The third-order valence-corrected chi connectivity index (χ3v) is 11.5. The maximum atomic E-state index is 14.3. The number of carbonyl (C=O) groups is 1. The Morgan fingerprint density at radius 2 is 1.06 bits per heavy atom. The molecular weight excluding hydrogens is 869 g/mol. The van der Waals surface area contributed by atoms with Gasteiger partial charge in [-0.2, -0.15) is 9.97 Å². The van der Waals surface area contributed by atoms with E-state index in [1.165, 1.54) is 12.1 Å². The Hall–Kier alpha value is -7.65. The largest absolute Gasteiger partial charge is 0.481 e. The van der Waals surface area contributed by atoms with Gasteiger partial charge in [0.15, 0.2) is 33.1 Å². The van der Waals surface area contributed by atoms with E-state index in [9.17, 15) is 30.4 Å². The molecular formula is C44H41F2N9O7S2. The quantitative estimate of drug-likeness (QED) is 0.0568. The summed E-state index contributed by atoms with van der Waals surface area (Å²) < 4.78 is 87.7. The number of anilines is 8. The van der Waals surface area contributed by atoms with Crippen LogP contribution < -0.4 is 35.9 Å². The smallest absolute Gasteiger partial charge is 0.238 e. The van der Waals surface area contributed by atoms with E-state index in [-0.39, 0.29) is 58.7 Å². The maximum Gasteiger partial charge on any atom is 0.238 e. The molecule has 0 saturated heterocycles. The summed E-state index contributed by atoms with van der Waals surface area (Å²) in [4.78, 5) is 27.8. The molecule has 64 heavy (non-hydrogen) atoms. The molecule has 0 atom stereocenters. The van der Waals surface area contributed by atoms with Crippen molar-refractivity contribution in [3.05, 3.63) is 120 Å². The van der Waals surface area contributed by atoms with E-state index >= 15 is 0 Å². The number of carbonyl (C=O) groups excluding carboxylic acids is 1. The van der Waals surface area contributed by atoms with Crippen molar-refractivity contribution >= 4 is 71.9 Å². The predicted molar refractivity (Wildman–Crippen MR) is 240 cm³/mol. The zero-order chi connectivity index (χ0) is 46.4. The minimum Gasteiger partial charge on any atom is -0.481 e. The Morgan fingerprint density at radius 3 is 1.47 bits per heavy atom. The molecule has 0 radical (unpaired) electrons. The minimum absolute atomic E-state index is 0.0277. The Labute approximate surface area is 369 Å². The molecule has 6 rings (SSSR count). The van der Waals surface area contributed by atoms with Crippen LogP contribution in [-0.4, -0.2) is 61.5 Å². The number of nitrogens with two attached hydrogens (primary N) is 1. The fourth-order valence-corrected chi connectivity index (χ4v) is 7.93. The summed E-state index contributed by atoms with van der Waals surface area (Å²) in [6, 6.07) is 22.7. The number of sulfonamides is 1. The number of ketones is 1. The van der Waals surface area contributed by atoms with E-state index in [2.05, 4.69) is 53.0 Å². The SMILES string of the molecule is C#CCOc1ccc(Nc2nc(Nc3ccc(C)c(S(=O)(=O)CC(=O)CC)c3)ncc2F)cc1.C#CCOc1ccc(Nc2nc(Nc3ccc(C)c(S(N)(=O)=O)c3)ncc2F)cc1. The van der Waals surface area contributed by atoms with Crippen molar-refractivity contribution in [3.8, 4) is 36.2 Å². The molecule has 0 amide bonds. The number of hydrogen-bond acceptors (Lipinski definition) is 15. The highest BCUT2D eigenvalue weighted by atomic mass is 32.2. The highest BCUT2D eigenvalue weighted by molar-refractivity contribution is 7.92. The van der Waals surface area contributed by atoms with Gasteiger partial charge in [-0.15, -0.1) is 12.8 Å². The van der Waals surface area contributed by atoms with Crippen LogP contribution >= 0.6 is 0 Å². The first-order valence-electron chi connectivity index (χ1n) is 18.9. The zero-order valence-corrected chi connectivity index (χ0v) is 36.2. The van der Waals surface area contributed by atoms with Crippen LogP contribution in [0.2, 0.25) is 0 Å². The van der Waals surface area contributed by atoms with Crippen LogP contribution in [-0.2, 0) is 24.7 Å². The topological polar surface area (TPSA) is 230 Å². The van der Waals surface area contributed by atoms with Crippen LogP contribution in [0.4, 0.5) is 55.1 Å². The molecule has 20 heteroatoms. The summed E-state index contributed by atoms with van der Waals surface area (Å²) in [5.41, 5.74) is 2.89. The highest BCUT2D eigenvalue weighted by Gasteiger charge is 2.21. The number of ether oxygens (including phenoxy) is 2. The van der Waals surface area contributed by atoms with Gasteiger partial charge in [0.2, 0.25) is 21.9 Å². The van der Waals surface area contributed by atoms with E-state index in [0.29, 0.717) is 45.4 Å². The van der Waals surface area contributed by atoms with Crippen molar-refractivity contribution in [2.45, 2.75) is 37.0 Å². The van der Waals surface area contributed by atoms with Crippen molar-refractivity contribution in [2.75, 3.05) is 40.2 Å². The van der Waals surface area contributed by atoms with Gasteiger partial charge in [0, 0.05) is 29.2 Å². The molecule has 6 aromatic rings. The maximum absolute atomic E-state index is 14.3. The normalized spacial score (nSPS) is 10.9. The van der Waals surface area contributed by atoms with E-state index in [0.717, 1.165) is 12.4 Å². The van der Waals surface area contributed by atoms with Gasteiger partial charge in [0.05, 0.1) is 22.2 Å². The molecule has 0 saturated carbocycles. The van der Waals surface area contributed by atoms with Gasteiger partial charge < -0.3 is 30.7 Å². The van der Waals surface area contributed by atoms with Crippen LogP contribution in [0.3, 0.4) is 0 Å². The lowest BCUT2D eigenvalue weighted by Gasteiger charge is -2.12. The molecule has 330 valence electrons. The van der Waals surface area contributed by atoms with E-state index in [4.69, 9.17) is 27.5 Å². The number of aryl methyl sites for hydroxylation is 2. The van der Waals surface area contributed by atoms with Crippen molar-refractivity contribution in [1.29, 1.82) is 0 Å². The second-order valence-electron chi connectivity index (χ2n) is 13.5. The van der Waals surface area contributed by atoms with Gasteiger partial charge in [-0.25, -0.2) is 40.7 Å². The number of nitrogens with one attached hydrogen (secondary N) is 4. The molecule has 0 aliphatic rings. The van der Waals surface area contributed by atoms with E-state index in [1.54, 1.807) is 93.6 Å². The number of nitrogens with zero attached hydrogens (tertiary/aromatic N) is 4. The third-order valence-electron chi connectivity index (χ3n) is 8.64. The third kappa shape index (κ3) is 13.4. The number of halogens is 2.